The second-order valence-corrected chi connectivity index (χ2v) is 6.25. The monoisotopic (exact) mass is 396 g/mol. The molecule has 1 aliphatic heterocycles. The molecule has 0 spiro atoms. The molecule has 0 N–H and O–H groups in total. The Hall–Kier alpha value is -2.15. The summed E-state index contributed by atoms with van der Waals surface area (Å²) in [5, 5.41) is 10.3. The van der Waals surface area contributed by atoms with Gasteiger partial charge in [-0.25, -0.2) is 4.98 Å². The molecule has 1 aliphatic rings. The lowest BCUT2D eigenvalue weighted by molar-refractivity contribution is -0.118. The van der Waals surface area contributed by atoms with Gasteiger partial charge in [0, 0.05) is 21.8 Å². The van der Waals surface area contributed by atoms with Crippen molar-refractivity contribution in [2.75, 3.05) is 5.01 Å². The van der Waals surface area contributed by atoms with Crippen molar-refractivity contribution in [3.8, 4) is 0 Å². The largest absolute Gasteiger partial charge is 0.391 e. The van der Waals surface area contributed by atoms with Crippen LogP contribution in [0, 0.1) is 5.92 Å². The molecule has 1 aromatic heterocycles. The molecule has 6 nitrogen and oxygen atoms in total. The normalized spacial score (nSPS) is 16.8. The molecule has 0 fully saturated rings. The van der Waals surface area contributed by atoms with Gasteiger partial charge in [-0.15, -0.1) is 0 Å². The third kappa shape index (κ3) is 4.28. The Labute approximate surface area is 158 Å². The van der Waals surface area contributed by atoms with Crippen molar-refractivity contribution in [1.29, 1.82) is 0 Å². The predicted molar refractivity (Wildman–Crippen MR) is 98.5 cm³/mol. The molecule has 1 amide bonds. The quantitative estimate of drug-likeness (QED) is 0.431. The number of nitrogens with zero attached hydrogens (tertiary/aromatic N) is 4. The van der Waals surface area contributed by atoms with Crippen LogP contribution < -0.4 is 5.01 Å². The Morgan fingerprint density at radius 3 is 2.84 bits per heavy atom. The van der Waals surface area contributed by atoms with Crippen molar-refractivity contribution in [2.45, 2.75) is 6.61 Å². The van der Waals surface area contributed by atoms with Gasteiger partial charge in [-0.2, -0.15) is 10.1 Å². The molecule has 25 heavy (non-hydrogen) atoms. The summed E-state index contributed by atoms with van der Waals surface area (Å²) >= 11 is 17.7. The lowest BCUT2D eigenvalue weighted by Crippen LogP contribution is -2.27. The first-order valence-corrected chi connectivity index (χ1v) is 8.28. The molecule has 0 aliphatic carbocycles. The zero-order valence-electron chi connectivity index (χ0n) is 12.6. The van der Waals surface area contributed by atoms with E-state index in [-0.39, 0.29) is 17.7 Å². The van der Waals surface area contributed by atoms with E-state index in [1.807, 2.05) is 0 Å². The summed E-state index contributed by atoms with van der Waals surface area (Å²) in [4.78, 5) is 21.5. The minimum absolute atomic E-state index is 0.157. The van der Waals surface area contributed by atoms with E-state index in [1.54, 1.807) is 36.4 Å². The number of hydrogen-bond donors (Lipinski definition) is 0. The van der Waals surface area contributed by atoms with Crippen LogP contribution >= 0.6 is 34.8 Å². The summed E-state index contributed by atoms with van der Waals surface area (Å²) in [5.74, 6) is -0.591. The number of anilines is 1. The molecule has 0 bridgehead atoms. The van der Waals surface area contributed by atoms with Gasteiger partial charge in [-0.1, -0.05) is 52.1 Å². The van der Waals surface area contributed by atoms with E-state index in [0.29, 0.717) is 15.9 Å². The van der Waals surface area contributed by atoms with Crippen LogP contribution in [0.15, 0.2) is 46.7 Å². The van der Waals surface area contributed by atoms with Crippen LogP contribution in [0.1, 0.15) is 5.56 Å². The van der Waals surface area contributed by atoms with Crippen LogP contribution in [0.5, 0.6) is 0 Å². The number of hydrogen-bond acceptors (Lipinski definition) is 5. The van der Waals surface area contributed by atoms with Crippen LogP contribution in [-0.2, 0) is 16.2 Å². The molecule has 2 aromatic rings. The van der Waals surface area contributed by atoms with Gasteiger partial charge in [0.05, 0.1) is 6.21 Å². The topological polar surface area (TPSA) is 67.2 Å². The Morgan fingerprint density at radius 2 is 2.08 bits per heavy atom. The number of benzene rings is 1. The van der Waals surface area contributed by atoms with Crippen molar-refractivity contribution in [2.24, 2.45) is 16.2 Å². The standard InChI is InChI=1S/C16H11Cl3N4O2/c17-12-5-4-10(13(18)6-12)9-25-21-8-11-7-20-23(16(11)24)15-3-1-2-14(19)22-15/h1-8,11H,9H2. The highest BCUT2D eigenvalue weighted by atomic mass is 35.5. The van der Waals surface area contributed by atoms with Crippen LogP contribution in [-0.4, -0.2) is 23.3 Å². The molecule has 128 valence electrons. The molecular weight excluding hydrogens is 387 g/mol. The zero-order valence-corrected chi connectivity index (χ0v) is 14.9. The summed E-state index contributed by atoms with van der Waals surface area (Å²) in [6.45, 7) is 0.157. The molecule has 0 radical (unpaired) electrons. The van der Waals surface area contributed by atoms with E-state index in [2.05, 4.69) is 15.2 Å². The Morgan fingerprint density at radius 1 is 1.24 bits per heavy atom. The van der Waals surface area contributed by atoms with Gasteiger partial charge >= 0.3 is 0 Å². The molecular formula is C16H11Cl3N4O2. The lowest BCUT2D eigenvalue weighted by Gasteiger charge is -2.11. The fourth-order valence-electron chi connectivity index (χ4n) is 2.04. The number of pyridine rings is 1. The highest BCUT2D eigenvalue weighted by molar-refractivity contribution is 6.35. The number of oxime groups is 1. The summed E-state index contributed by atoms with van der Waals surface area (Å²) in [7, 11) is 0. The van der Waals surface area contributed by atoms with Crippen molar-refractivity contribution in [3.05, 3.63) is 57.2 Å². The van der Waals surface area contributed by atoms with Gasteiger partial charge in [0.1, 0.15) is 17.7 Å². The van der Waals surface area contributed by atoms with Gasteiger partial charge in [0.15, 0.2) is 5.82 Å². The molecule has 9 heteroatoms. The molecule has 3 rings (SSSR count). The molecule has 0 saturated carbocycles. The van der Waals surface area contributed by atoms with Gasteiger partial charge in [-0.05, 0) is 24.3 Å². The Kier molecular flexibility index (Phi) is 5.53. The second kappa shape index (κ2) is 7.82. The van der Waals surface area contributed by atoms with Gasteiger partial charge in [0.2, 0.25) is 0 Å². The number of amides is 1. The first kappa shape index (κ1) is 17.7. The predicted octanol–water partition coefficient (Wildman–Crippen LogP) is 4.19. The minimum Gasteiger partial charge on any atom is -0.391 e. The van der Waals surface area contributed by atoms with Crippen LogP contribution in [0.3, 0.4) is 0 Å². The fraction of sp³-hybridized carbons (Fsp3) is 0.125. The number of hydrazone groups is 1. The van der Waals surface area contributed by atoms with Gasteiger partial charge < -0.3 is 4.84 Å². The van der Waals surface area contributed by atoms with E-state index < -0.39 is 5.92 Å². The highest BCUT2D eigenvalue weighted by Gasteiger charge is 2.29. The number of aromatic nitrogens is 1. The Bertz CT molecular complexity index is 857. The van der Waals surface area contributed by atoms with Crippen molar-refractivity contribution >= 4 is 59.0 Å². The van der Waals surface area contributed by atoms with Gasteiger partial charge in [-0.3, -0.25) is 4.79 Å². The second-order valence-electron chi connectivity index (χ2n) is 5.02. The maximum Gasteiger partial charge on any atom is 0.262 e. The lowest BCUT2D eigenvalue weighted by atomic mass is 10.2. The molecule has 1 atom stereocenters. The van der Waals surface area contributed by atoms with Crippen LogP contribution in [0.2, 0.25) is 15.2 Å². The first-order valence-electron chi connectivity index (χ1n) is 7.14. The SMILES string of the molecule is O=C1C(C=NOCc2ccc(Cl)cc2Cl)C=NN1c1cccc(Cl)n1. The number of rotatable bonds is 5. The molecule has 1 unspecified atom stereocenters. The van der Waals surface area contributed by atoms with E-state index in [9.17, 15) is 4.79 Å². The molecule has 1 aromatic carbocycles. The summed E-state index contributed by atoms with van der Waals surface area (Å²) in [6.07, 6.45) is 2.81. The average Bonchev–Trinajstić information content (AvgIpc) is 2.94. The maximum atomic E-state index is 12.3. The molecule has 2 heterocycles. The minimum atomic E-state index is -0.638. The third-order valence-electron chi connectivity index (χ3n) is 3.29. The third-order valence-corrected chi connectivity index (χ3v) is 4.08. The van der Waals surface area contributed by atoms with Crippen molar-refractivity contribution in [3.63, 3.8) is 0 Å². The zero-order chi connectivity index (χ0) is 17.8. The smallest absolute Gasteiger partial charge is 0.262 e. The average molecular weight is 398 g/mol. The van der Waals surface area contributed by atoms with Crippen LogP contribution in [0.25, 0.3) is 0 Å². The number of carbonyl (C=O) groups is 1. The van der Waals surface area contributed by atoms with Gasteiger partial charge in [0.25, 0.3) is 5.91 Å². The van der Waals surface area contributed by atoms with E-state index in [0.717, 1.165) is 5.56 Å². The summed E-state index contributed by atoms with van der Waals surface area (Å²) < 4.78 is 0. The van der Waals surface area contributed by atoms with Crippen molar-refractivity contribution in [1.82, 2.24) is 4.98 Å². The van der Waals surface area contributed by atoms with E-state index >= 15 is 0 Å². The van der Waals surface area contributed by atoms with E-state index in [4.69, 9.17) is 39.6 Å². The first-order chi connectivity index (χ1) is 12.0. The number of halogens is 3. The molecule has 0 saturated heterocycles. The number of carbonyl (C=O) groups excluding carboxylic acids is 1. The van der Waals surface area contributed by atoms with Crippen LogP contribution in [0.4, 0.5) is 5.82 Å². The van der Waals surface area contributed by atoms with Crippen molar-refractivity contribution < 1.29 is 9.63 Å². The fourth-order valence-corrected chi connectivity index (χ4v) is 2.67. The highest BCUT2D eigenvalue weighted by Crippen LogP contribution is 2.22. The summed E-state index contributed by atoms with van der Waals surface area (Å²) in [5.41, 5.74) is 0.736. The Balaban J connectivity index is 1.58. The summed E-state index contributed by atoms with van der Waals surface area (Å²) in [6, 6.07) is 10.0. The van der Waals surface area contributed by atoms with E-state index in [1.165, 1.54) is 17.4 Å². The maximum absolute atomic E-state index is 12.3.